The zero-order valence-corrected chi connectivity index (χ0v) is 15.9. The summed E-state index contributed by atoms with van der Waals surface area (Å²) < 4.78 is 5.43. The lowest BCUT2D eigenvalue weighted by atomic mass is 9.68. The van der Waals surface area contributed by atoms with Gasteiger partial charge in [0, 0.05) is 19.1 Å². The molecule has 26 heavy (non-hydrogen) atoms. The first-order valence-electron chi connectivity index (χ1n) is 9.43. The second kappa shape index (κ2) is 7.80. The first-order chi connectivity index (χ1) is 12.5. The van der Waals surface area contributed by atoms with Crippen molar-refractivity contribution in [2.75, 3.05) is 33.8 Å². The van der Waals surface area contributed by atoms with Crippen molar-refractivity contribution in [1.82, 2.24) is 9.80 Å². The Balaban J connectivity index is 1.75. The minimum absolute atomic E-state index is 0.0911. The van der Waals surface area contributed by atoms with Crippen molar-refractivity contribution in [3.63, 3.8) is 0 Å². The van der Waals surface area contributed by atoms with Gasteiger partial charge in [-0.3, -0.25) is 9.69 Å². The third-order valence-corrected chi connectivity index (χ3v) is 6.15. The van der Waals surface area contributed by atoms with Crippen molar-refractivity contribution in [2.45, 2.75) is 38.3 Å². The minimum atomic E-state index is -0.619. The average Bonchev–Trinajstić information content (AvgIpc) is 2.63. The van der Waals surface area contributed by atoms with Crippen molar-refractivity contribution in [3.8, 4) is 5.75 Å². The maximum atomic E-state index is 12.0. The van der Waals surface area contributed by atoms with E-state index in [1.54, 1.807) is 7.11 Å². The quantitative estimate of drug-likeness (QED) is 0.793. The molecule has 2 heterocycles. The molecule has 2 fully saturated rings. The molecule has 2 aliphatic heterocycles. The number of hydrogen-bond donors (Lipinski definition) is 1. The van der Waals surface area contributed by atoms with Crippen LogP contribution in [0.2, 0.25) is 0 Å². The maximum Gasteiger partial charge on any atom is 0.311 e. The SMILES string of the molecule is C=CCc1cc(CN2CC[C@@]3(C(=O)O)CCCN(C)[C@@H]3C2)ccc1OC. The number of likely N-dealkylation sites (N-methyl/N-ethyl adjacent to an activating group) is 1. The zero-order chi connectivity index (χ0) is 18.7. The van der Waals surface area contributed by atoms with Gasteiger partial charge >= 0.3 is 5.97 Å². The summed E-state index contributed by atoms with van der Waals surface area (Å²) in [7, 11) is 3.76. The summed E-state index contributed by atoms with van der Waals surface area (Å²) in [6, 6.07) is 6.40. The van der Waals surface area contributed by atoms with Gasteiger partial charge in [0.2, 0.25) is 0 Å². The van der Waals surface area contributed by atoms with E-state index < -0.39 is 11.4 Å². The molecule has 2 aliphatic rings. The molecule has 5 nitrogen and oxygen atoms in total. The highest BCUT2D eigenvalue weighted by molar-refractivity contribution is 5.76. The van der Waals surface area contributed by atoms with Crippen LogP contribution in [-0.2, 0) is 17.8 Å². The predicted molar refractivity (Wildman–Crippen MR) is 103 cm³/mol. The van der Waals surface area contributed by atoms with E-state index in [4.69, 9.17) is 4.74 Å². The molecule has 5 heteroatoms. The number of piperidine rings is 2. The summed E-state index contributed by atoms with van der Waals surface area (Å²) >= 11 is 0. The van der Waals surface area contributed by atoms with E-state index in [9.17, 15) is 9.90 Å². The molecule has 2 saturated heterocycles. The molecule has 0 spiro atoms. The van der Waals surface area contributed by atoms with Crippen LogP contribution in [0.4, 0.5) is 0 Å². The number of hydrogen-bond acceptors (Lipinski definition) is 4. The zero-order valence-electron chi connectivity index (χ0n) is 15.9. The van der Waals surface area contributed by atoms with E-state index in [0.29, 0.717) is 0 Å². The lowest BCUT2D eigenvalue weighted by molar-refractivity contribution is -0.162. The summed E-state index contributed by atoms with van der Waals surface area (Å²) in [6.45, 7) is 7.30. The Kier molecular flexibility index (Phi) is 5.68. The molecule has 1 aromatic carbocycles. The number of ether oxygens (including phenoxy) is 1. The van der Waals surface area contributed by atoms with Crippen LogP contribution in [0.1, 0.15) is 30.4 Å². The number of allylic oxidation sites excluding steroid dienone is 1. The van der Waals surface area contributed by atoms with Crippen LogP contribution in [-0.4, -0.2) is 60.7 Å². The van der Waals surface area contributed by atoms with Crippen molar-refractivity contribution in [2.24, 2.45) is 5.41 Å². The monoisotopic (exact) mass is 358 g/mol. The van der Waals surface area contributed by atoms with Crippen LogP contribution >= 0.6 is 0 Å². The first kappa shape index (κ1) is 18.9. The van der Waals surface area contributed by atoms with Gasteiger partial charge in [0.05, 0.1) is 12.5 Å². The molecule has 0 bridgehead atoms. The Bertz CT molecular complexity index is 675. The maximum absolute atomic E-state index is 12.0. The van der Waals surface area contributed by atoms with Gasteiger partial charge in [0.25, 0.3) is 0 Å². The summed E-state index contributed by atoms with van der Waals surface area (Å²) in [6.07, 6.45) is 5.18. The lowest BCUT2D eigenvalue weighted by Gasteiger charge is -2.51. The minimum Gasteiger partial charge on any atom is -0.496 e. The first-order valence-corrected chi connectivity index (χ1v) is 9.43. The largest absolute Gasteiger partial charge is 0.496 e. The molecule has 0 radical (unpaired) electrons. The van der Waals surface area contributed by atoms with Crippen LogP contribution < -0.4 is 4.74 Å². The summed E-state index contributed by atoms with van der Waals surface area (Å²) in [5.74, 6) is 0.274. The van der Waals surface area contributed by atoms with Gasteiger partial charge in [-0.1, -0.05) is 18.2 Å². The van der Waals surface area contributed by atoms with Crippen LogP contribution in [0.15, 0.2) is 30.9 Å². The standard InChI is InChI=1S/C21H30N2O3/c1-4-6-17-13-16(7-8-18(17)26-3)14-23-12-10-21(20(24)25)9-5-11-22(2)19(21)15-23/h4,7-8,13,19H,1,5-6,9-12,14-15H2,2-3H3,(H,24,25)/t19-,21+/m1/s1. The fraction of sp³-hybridized carbons (Fsp3) is 0.571. The van der Waals surface area contributed by atoms with E-state index in [1.807, 2.05) is 12.1 Å². The normalized spacial score (nSPS) is 26.9. The Hall–Kier alpha value is -1.85. The number of nitrogens with zero attached hydrogens (tertiary/aromatic N) is 2. The molecule has 3 rings (SSSR count). The van der Waals surface area contributed by atoms with E-state index in [-0.39, 0.29) is 6.04 Å². The number of aliphatic carboxylic acids is 1. The molecule has 1 N–H and O–H groups in total. The van der Waals surface area contributed by atoms with Crippen molar-refractivity contribution >= 4 is 5.97 Å². The number of benzene rings is 1. The molecular formula is C21H30N2O3. The fourth-order valence-electron chi connectivity index (χ4n) is 4.69. The molecule has 142 valence electrons. The highest BCUT2D eigenvalue weighted by Gasteiger charge is 2.52. The fourth-order valence-corrected chi connectivity index (χ4v) is 4.69. The van der Waals surface area contributed by atoms with Crippen LogP contribution in [0.5, 0.6) is 5.75 Å². The van der Waals surface area contributed by atoms with Crippen LogP contribution in [0.3, 0.4) is 0 Å². The van der Waals surface area contributed by atoms with Gasteiger partial charge in [-0.15, -0.1) is 6.58 Å². The van der Waals surface area contributed by atoms with Gasteiger partial charge in [0.15, 0.2) is 0 Å². The second-order valence-electron chi connectivity index (χ2n) is 7.69. The number of carbonyl (C=O) groups is 1. The van der Waals surface area contributed by atoms with Crippen LogP contribution in [0, 0.1) is 5.41 Å². The van der Waals surface area contributed by atoms with Crippen molar-refractivity contribution < 1.29 is 14.6 Å². The summed E-state index contributed by atoms with van der Waals surface area (Å²) in [4.78, 5) is 16.7. The topological polar surface area (TPSA) is 53.0 Å². The smallest absolute Gasteiger partial charge is 0.311 e. The number of rotatable bonds is 6. The molecule has 1 aromatic rings. The van der Waals surface area contributed by atoms with Gasteiger partial charge in [0.1, 0.15) is 5.75 Å². The number of likely N-dealkylation sites (tertiary alicyclic amines) is 2. The van der Waals surface area contributed by atoms with Crippen molar-refractivity contribution in [1.29, 1.82) is 0 Å². The number of methoxy groups -OCH3 is 1. The molecular weight excluding hydrogens is 328 g/mol. The number of carboxylic acids is 1. The molecule has 0 unspecified atom stereocenters. The van der Waals surface area contributed by atoms with Gasteiger partial charge in [-0.2, -0.15) is 0 Å². The second-order valence-corrected chi connectivity index (χ2v) is 7.69. The van der Waals surface area contributed by atoms with E-state index >= 15 is 0 Å². The Morgan fingerprint density at radius 2 is 2.23 bits per heavy atom. The summed E-state index contributed by atoms with van der Waals surface area (Å²) in [5, 5.41) is 9.90. The Labute approximate surface area is 156 Å². The molecule has 0 aliphatic carbocycles. The molecule has 0 amide bonds. The Morgan fingerprint density at radius 3 is 2.92 bits per heavy atom. The predicted octanol–water partition coefficient (Wildman–Crippen LogP) is 2.79. The Morgan fingerprint density at radius 1 is 1.42 bits per heavy atom. The average molecular weight is 358 g/mol. The van der Waals surface area contributed by atoms with E-state index in [0.717, 1.165) is 63.2 Å². The van der Waals surface area contributed by atoms with Gasteiger partial charge in [-0.25, -0.2) is 0 Å². The summed E-state index contributed by atoms with van der Waals surface area (Å²) in [5.41, 5.74) is 1.81. The molecule has 2 atom stereocenters. The van der Waals surface area contributed by atoms with Gasteiger partial charge < -0.3 is 14.7 Å². The number of fused-ring (bicyclic) bond motifs is 1. The van der Waals surface area contributed by atoms with E-state index in [1.165, 1.54) is 5.56 Å². The molecule has 0 aromatic heterocycles. The third kappa shape index (κ3) is 3.51. The highest BCUT2D eigenvalue weighted by atomic mass is 16.5. The van der Waals surface area contributed by atoms with E-state index in [2.05, 4.69) is 35.6 Å². The lowest BCUT2D eigenvalue weighted by Crippen LogP contribution is -2.62. The molecule has 0 saturated carbocycles. The van der Waals surface area contributed by atoms with Crippen LogP contribution in [0.25, 0.3) is 0 Å². The highest BCUT2D eigenvalue weighted by Crippen LogP contribution is 2.42. The number of carboxylic acid groups (broad SMARTS) is 1. The third-order valence-electron chi connectivity index (χ3n) is 6.15. The van der Waals surface area contributed by atoms with Gasteiger partial charge in [-0.05, 0) is 63.0 Å². The van der Waals surface area contributed by atoms with Crippen molar-refractivity contribution in [3.05, 3.63) is 42.0 Å².